The molecule has 9 nitrogen and oxygen atoms in total. The van der Waals surface area contributed by atoms with Crippen LogP contribution in [0.5, 0.6) is 5.88 Å². The highest BCUT2D eigenvalue weighted by Crippen LogP contribution is 2.45. The van der Waals surface area contributed by atoms with Crippen molar-refractivity contribution in [2.24, 2.45) is 0 Å². The monoisotopic (exact) mass is 607 g/mol. The Kier molecular flexibility index (Phi) is 7.07. The molecule has 43 heavy (non-hydrogen) atoms. The third-order valence-corrected chi connectivity index (χ3v) is 8.68. The Morgan fingerprint density at radius 2 is 1.79 bits per heavy atom. The second-order valence-corrected chi connectivity index (χ2v) is 12.3. The molecule has 0 saturated carbocycles. The van der Waals surface area contributed by atoms with E-state index in [1.165, 1.54) is 0 Å². The second kappa shape index (κ2) is 10.3. The second-order valence-electron chi connectivity index (χ2n) is 12.3. The molecule has 5 N–H and O–H groups in total. The summed E-state index contributed by atoms with van der Waals surface area (Å²) in [4.78, 5) is 15.2. The summed E-state index contributed by atoms with van der Waals surface area (Å²) in [6.45, 7) is 6.98. The molecule has 2 bridgehead atoms. The summed E-state index contributed by atoms with van der Waals surface area (Å²) in [6.07, 6.45) is -2.46. The van der Waals surface area contributed by atoms with Crippen LogP contribution in [-0.2, 0) is 6.18 Å². The molecule has 0 radical (unpaired) electrons. The van der Waals surface area contributed by atoms with E-state index < -0.39 is 57.6 Å². The van der Waals surface area contributed by atoms with Crippen molar-refractivity contribution in [3.63, 3.8) is 0 Å². The predicted octanol–water partition coefficient (Wildman–Crippen LogP) is 4.93. The zero-order valence-corrected chi connectivity index (χ0v) is 24.2. The number of aromatic nitrogens is 3. The van der Waals surface area contributed by atoms with Gasteiger partial charge in [-0.2, -0.15) is 18.2 Å². The van der Waals surface area contributed by atoms with Gasteiger partial charge < -0.3 is 31.1 Å². The lowest BCUT2D eigenvalue weighted by Gasteiger charge is -2.47. The first kappa shape index (κ1) is 29.5. The van der Waals surface area contributed by atoms with Crippen molar-refractivity contribution in [3.05, 3.63) is 28.8 Å². The van der Waals surface area contributed by atoms with Crippen LogP contribution in [0.2, 0.25) is 0 Å². The number of nitrogens with one attached hydrogen (secondary N) is 2. The van der Waals surface area contributed by atoms with Crippen LogP contribution in [0.1, 0.15) is 57.6 Å². The number of hydrogen-bond donors (Lipinski definition) is 4. The molecule has 4 atom stereocenters. The van der Waals surface area contributed by atoms with Gasteiger partial charge in [0, 0.05) is 30.7 Å². The average Bonchev–Trinajstić information content (AvgIpc) is 3.30. The Balaban J connectivity index is 1.64. The quantitative estimate of drug-likeness (QED) is 0.243. The molecule has 2 aromatic heterocycles. The Bertz CT molecular complexity index is 1590. The molecule has 6 rings (SSSR count). The summed E-state index contributed by atoms with van der Waals surface area (Å²) < 4.78 is 80.5. The van der Waals surface area contributed by atoms with E-state index in [0.29, 0.717) is 25.9 Å². The summed E-state index contributed by atoms with van der Waals surface area (Å²) in [5, 5.41) is 17.6. The van der Waals surface area contributed by atoms with Crippen LogP contribution in [0.4, 0.5) is 39.4 Å². The summed E-state index contributed by atoms with van der Waals surface area (Å²) in [6, 6.07) is 0.629. The molecule has 5 heterocycles. The topological polar surface area (TPSA) is 121 Å². The van der Waals surface area contributed by atoms with Crippen LogP contribution in [0.15, 0.2) is 6.07 Å². The number of aliphatic hydroxyl groups is 1. The molecule has 3 aliphatic rings. The Morgan fingerprint density at radius 1 is 1.07 bits per heavy atom. The third-order valence-electron chi connectivity index (χ3n) is 8.68. The van der Waals surface area contributed by atoms with Gasteiger partial charge in [0.15, 0.2) is 5.82 Å². The number of nitrogen functional groups attached to an aromatic ring is 1. The number of alkyl halides is 3. The maximum absolute atomic E-state index is 16.6. The van der Waals surface area contributed by atoms with Crippen molar-refractivity contribution in [2.45, 2.75) is 89.4 Å². The predicted molar refractivity (Wildman–Crippen MR) is 152 cm³/mol. The molecule has 3 aromatic rings. The maximum atomic E-state index is 16.6. The minimum absolute atomic E-state index is 0.0790. The average molecular weight is 608 g/mol. The van der Waals surface area contributed by atoms with Gasteiger partial charge in [-0.15, -0.1) is 0 Å². The van der Waals surface area contributed by atoms with Gasteiger partial charge in [0.05, 0.1) is 29.0 Å². The van der Waals surface area contributed by atoms with E-state index in [1.54, 1.807) is 25.7 Å². The van der Waals surface area contributed by atoms with Gasteiger partial charge in [-0.3, -0.25) is 0 Å². The first-order valence-electron chi connectivity index (χ1n) is 14.4. The van der Waals surface area contributed by atoms with E-state index in [-0.39, 0.29) is 46.7 Å². The van der Waals surface area contributed by atoms with Crippen molar-refractivity contribution >= 4 is 28.4 Å². The van der Waals surface area contributed by atoms with E-state index in [4.69, 9.17) is 15.5 Å². The fourth-order valence-corrected chi connectivity index (χ4v) is 6.49. The minimum Gasteiger partial charge on any atom is -0.474 e. The Morgan fingerprint density at radius 3 is 2.44 bits per heavy atom. The maximum Gasteiger partial charge on any atom is 0.417 e. The van der Waals surface area contributed by atoms with Crippen LogP contribution < -0.4 is 26.0 Å². The van der Waals surface area contributed by atoms with Gasteiger partial charge in [-0.25, -0.2) is 18.7 Å². The molecule has 3 aliphatic heterocycles. The van der Waals surface area contributed by atoms with Crippen molar-refractivity contribution in [1.82, 2.24) is 20.3 Å². The fraction of sp³-hybridized carbons (Fsp3) is 0.552. The highest BCUT2D eigenvalue weighted by molar-refractivity contribution is 5.97. The zero-order valence-electron chi connectivity index (χ0n) is 24.2. The molecular formula is C29H34F5N7O2. The van der Waals surface area contributed by atoms with Crippen molar-refractivity contribution in [1.29, 1.82) is 0 Å². The van der Waals surface area contributed by atoms with Crippen LogP contribution in [0, 0.1) is 18.6 Å². The number of fused-ring (bicyclic) bond motifs is 2. The number of anilines is 3. The lowest BCUT2D eigenvalue weighted by molar-refractivity contribution is -0.137. The third kappa shape index (κ3) is 5.17. The van der Waals surface area contributed by atoms with Gasteiger partial charge in [0.25, 0.3) is 0 Å². The molecule has 2 saturated heterocycles. The zero-order chi connectivity index (χ0) is 31.0. The summed E-state index contributed by atoms with van der Waals surface area (Å²) in [5.41, 5.74) is 0.131. The van der Waals surface area contributed by atoms with E-state index in [2.05, 4.69) is 20.6 Å². The molecule has 3 unspecified atom stereocenters. The standard InChI is InChI=1S/C29H34F5N7O2/c1-12-9-14-5-6-15(37-14)11-36-25-19-24(39-27(40-25)41-8-7-18(41)28(3,4)42)22(31)23(38-26(19)43-12)16-10-17(35)21(30)13(2)20(16)29(32,33)34/h10,12,14-15,18,37,42H,5-9,11,35H2,1-4H3,(H,36,39,40)/t12-,14?,15?,18?/m0/s1. The molecule has 2 fully saturated rings. The number of nitrogens with zero attached hydrogens (tertiary/aromatic N) is 4. The van der Waals surface area contributed by atoms with E-state index in [0.717, 1.165) is 25.8 Å². The SMILES string of the molecule is Cc1c(F)c(N)cc(-c2nc3c4c(nc(N5CCC5C(C)(C)O)nc4c2F)NCC2CCC(C[C@H](C)O3)N2)c1C(F)(F)F. The van der Waals surface area contributed by atoms with Crippen LogP contribution in [0.3, 0.4) is 0 Å². The Hall–Kier alpha value is -3.52. The number of benzene rings is 1. The van der Waals surface area contributed by atoms with Gasteiger partial charge in [-0.1, -0.05) is 0 Å². The lowest BCUT2D eigenvalue weighted by atomic mass is 9.88. The number of hydrogen-bond acceptors (Lipinski definition) is 9. The van der Waals surface area contributed by atoms with Gasteiger partial charge in [0.2, 0.25) is 11.8 Å². The first-order valence-corrected chi connectivity index (χ1v) is 14.4. The van der Waals surface area contributed by atoms with Gasteiger partial charge in [0.1, 0.15) is 28.2 Å². The minimum atomic E-state index is -5.05. The van der Waals surface area contributed by atoms with Crippen molar-refractivity contribution in [2.75, 3.05) is 29.0 Å². The largest absolute Gasteiger partial charge is 0.474 e. The lowest BCUT2D eigenvalue weighted by Crippen LogP contribution is -2.59. The molecule has 0 spiro atoms. The first-order chi connectivity index (χ1) is 20.1. The van der Waals surface area contributed by atoms with Crippen molar-refractivity contribution in [3.8, 4) is 17.1 Å². The van der Waals surface area contributed by atoms with Gasteiger partial charge in [-0.05, 0) is 65.0 Å². The summed E-state index contributed by atoms with van der Waals surface area (Å²) in [5.74, 6) is -2.25. The van der Waals surface area contributed by atoms with Crippen LogP contribution in [-0.4, -0.2) is 63.0 Å². The molecule has 0 amide bonds. The van der Waals surface area contributed by atoms with E-state index in [9.17, 15) is 22.7 Å². The number of nitrogens with two attached hydrogens (primary N) is 1. The van der Waals surface area contributed by atoms with E-state index in [1.807, 2.05) is 0 Å². The molecule has 1 aromatic carbocycles. The smallest absolute Gasteiger partial charge is 0.417 e. The molecule has 0 aliphatic carbocycles. The molecule has 232 valence electrons. The number of rotatable bonds is 3. The fourth-order valence-electron chi connectivity index (χ4n) is 6.49. The molecule has 14 heteroatoms. The van der Waals surface area contributed by atoms with E-state index >= 15 is 4.39 Å². The van der Waals surface area contributed by atoms with Gasteiger partial charge >= 0.3 is 6.18 Å². The van der Waals surface area contributed by atoms with Crippen molar-refractivity contribution < 1.29 is 31.8 Å². The Labute approximate surface area is 245 Å². The summed E-state index contributed by atoms with van der Waals surface area (Å²) >= 11 is 0. The number of halogens is 5. The number of pyridine rings is 1. The highest BCUT2D eigenvalue weighted by Gasteiger charge is 2.42. The van der Waals surface area contributed by atoms with Crippen LogP contribution >= 0.6 is 0 Å². The van der Waals surface area contributed by atoms with Crippen LogP contribution in [0.25, 0.3) is 22.2 Å². The normalized spacial score (nSPS) is 24.3. The molecular weight excluding hydrogens is 573 g/mol. The number of ether oxygens (including phenoxy) is 1. The summed E-state index contributed by atoms with van der Waals surface area (Å²) in [7, 11) is 0. The highest BCUT2D eigenvalue weighted by atomic mass is 19.4.